The molecule has 2 rings (SSSR count). The van der Waals surface area contributed by atoms with Crippen LogP contribution in [-0.4, -0.2) is 44.9 Å². The molecule has 2 aromatic rings. The molecule has 0 aromatic heterocycles. The van der Waals surface area contributed by atoms with Crippen LogP contribution in [0.2, 0.25) is 5.02 Å². The molecule has 0 aliphatic rings. The van der Waals surface area contributed by atoms with Gasteiger partial charge in [-0.15, -0.1) is 0 Å². The second kappa shape index (κ2) is 10.9. The van der Waals surface area contributed by atoms with Crippen molar-refractivity contribution in [3.8, 4) is 0 Å². The molecule has 0 spiro atoms. The van der Waals surface area contributed by atoms with Crippen LogP contribution in [0.1, 0.15) is 49.7 Å². The first-order valence-corrected chi connectivity index (χ1v) is 11.9. The molecule has 0 saturated heterocycles. The zero-order valence-corrected chi connectivity index (χ0v) is 19.4. The fourth-order valence-corrected chi connectivity index (χ4v) is 4.81. The van der Waals surface area contributed by atoms with Gasteiger partial charge in [0.25, 0.3) is 5.91 Å². The molecule has 164 valence electrons. The third-order valence-corrected chi connectivity index (χ3v) is 6.81. The number of amides is 1. The standard InChI is InChI=1S/C22H30ClN3O3S/c1-5-26(6-2)21(19-9-7-8-10-20(19)23)15-24-22(27)17-11-13-18(14-12-17)30(28,29)25-16(3)4/h7-14,16,21,25H,5-6,15H2,1-4H3,(H,24,27). The Balaban J connectivity index is 2.15. The van der Waals surface area contributed by atoms with Crippen LogP contribution in [0.5, 0.6) is 0 Å². The van der Waals surface area contributed by atoms with E-state index in [1.54, 1.807) is 13.8 Å². The molecule has 8 heteroatoms. The number of likely N-dealkylation sites (N-methyl/N-ethyl adjacent to an activating group) is 1. The summed E-state index contributed by atoms with van der Waals surface area (Å²) in [4.78, 5) is 15.0. The lowest BCUT2D eigenvalue weighted by molar-refractivity contribution is 0.0935. The summed E-state index contributed by atoms with van der Waals surface area (Å²) in [6.07, 6.45) is 0. The Kier molecular flexibility index (Phi) is 8.85. The van der Waals surface area contributed by atoms with E-state index in [2.05, 4.69) is 28.8 Å². The first-order valence-electron chi connectivity index (χ1n) is 10.1. The number of hydrogen-bond donors (Lipinski definition) is 2. The van der Waals surface area contributed by atoms with Crippen LogP contribution in [0.3, 0.4) is 0 Å². The number of carbonyl (C=O) groups excluding carboxylic acids is 1. The number of rotatable bonds is 10. The van der Waals surface area contributed by atoms with Crippen LogP contribution >= 0.6 is 11.6 Å². The molecule has 1 atom stereocenters. The van der Waals surface area contributed by atoms with Gasteiger partial charge in [0.15, 0.2) is 0 Å². The second-order valence-corrected chi connectivity index (χ2v) is 9.39. The van der Waals surface area contributed by atoms with E-state index in [0.717, 1.165) is 18.7 Å². The molecule has 0 fully saturated rings. The number of nitrogens with zero attached hydrogens (tertiary/aromatic N) is 1. The van der Waals surface area contributed by atoms with Gasteiger partial charge >= 0.3 is 0 Å². The van der Waals surface area contributed by atoms with E-state index in [9.17, 15) is 13.2 Å². The van der Waals surface area contributed by atoms with Crippen molar-refractivity contribution in [2.75, 3.05) is 19.6 Å². The summed E-state index contributed by atoms with van der Waals surface area (Å²) in [6, 6.07) is 13.3. The second-order valence-electron chi connectivity index (χ2n) is 7.27. The van der Waals surface area contributed by atoms with Crippen LogP contribution in [0.15, 0.2) is 53.4 Å². The SMILES string of the molecule is CCN(CC)C(CNC(=O)c1ccc(S(=O)(=O)NC(C)C)cc1)c1ccccc1Cl. The van der Waals surface area contributed by atoms with E-state index in [4.69, 9.17) is 11.6 Å². The van der Waals surface area contributed by atoms with E-state index in [1.165, 1.54) is 24.3 Å². The van der Waals surface area contributed by atoms with Crippen molar-refractivity contribution >= 4 is 27.5 Å². The highest BCUT2D eigenvalue weighted by Gasteiger charge is 2.22. The molecular formula is C22H30ClN3O3S. The highest BCUT2D eigenvalue weighted by Crippen LogP contribution is 2.27. The van der Waals surface area contributed by atoms with Crippen molar-refractivity contribution < 1.29 is 13.2 Å². The molecule has 6 nitrogen and oxygen atoms in total. The van der Waals surface area contributed by atoms with Gasteiger partial charge < -0.3 is 5.32 Å². The number of halogens is 1. The predicted octanol–water partition coefficient (Wildman–Crippen LogP) is 3.84. The highest BCUT2D eigenvalue weighted by atomic mass is 35.5. The van der Waals surface area contributed by atoms with Crippen LogP contribution < -0.4 is 10.0 Å². The van der Waals surface area contributed by atoms with Crippen molar-refractivity contribution in [1.82, 2.24) is 14.9 Å². The van der Waals surface area contributed by atoms with Crippen molar-refractivity contribution in [3.63, 3.8) is 0 Å². The fourth-order valence-electron chi connectivity index (χ4n) is 3.30. The molecule has 0 radical (unpaired) electrons. The van der Waals surface area contributed by atoms with Gasteiger partial charge in [-0.05, 0) is 62.8 Å². The Hall–Kier alpha value is -1.93. The van der Waals surface area contributed by atoms with Gasteiger partial charge in [0.1, 0.15) is 0 Å². The average molecular weight is 452 g/mol. The summed E-state index contributed by atoms with van der Waals surface area (Å²) < 4.78 is 27.0. The van der Waals surface area contributed by atoms with Crippen molar-refractivity contribution in [3.05, 3.63) is 64.7 Å². The molecule has 0 aliphatic carbocycles. The minimum Gasteiger partial charge on any atom is -0.350 e. The Morgan fingerprint density at radius 1 is 1.03 bits per heavy atom. The van der Waals surface area contributed by atoms with Crippen LogP contribution in [0.25, 0.3) is 0 Å². The molecule has 1 unspecified atom stereocenters. The molecule has 30 heavy (non-hydrogen) atoms. The van der Waals surface area contributed by atoms with Crippen molar-refractivity contribution in [1.29, 1.82) is 0 Å². The maximum Gasteiger partial charge on any atom is 0.251 e. The van der Waals surface area contributed by atoms with Crippen LogP contribution in [0, 0.1) is 0 Å². The molecule has 0 saturated carbocycles. The molecule has 0 aliphatic heterocycles. The normalized spacial score (nSPS) is 12.9. The molecule has 2 aromatic carbocycles. The van der Waals surface area contributed by atoms with Crippen molar-refractivity contribution in [2.24, 2.45) is 0 Å². The van der Waals surface area contributed by atoms with Gasteiger partial charge in [0.2, 0.25) is 10.0 Å². The summed E-state index contributed by atoms with van der Waals surface area (Å²) in [5, 5.41) is 3.62. The maximum atomic E-state index is 12.7. The first-order chi connectivity index (χ1) is 14.2. The summed E-state index contributed by atoms with van der Waals surface area (Å²) in [6.45, 7) is 9.67. The third kappa shape index (κ3) is 6.28. The lowest BCUT2D eigenvalue weighted by atomic mass is 10.0. The molecule has 0 heterocycles. The average Bonchev–Trinajstić information content (AvgIpc) is 2.71. The molecular weight excluding hydrogens is 422 g/mol. The zero-order valence-electron chi connectivity index (χ0n) is 17.9. The molecule has 1 amide bonds. The van der Waals surface area contributed by atoms with E-state index < -0.39 is 10.0 Å². The quantitative estimate of drug-likeness (QED) is 0.575. The molecule has 0 bridgehead atoms. The van der Waals surface area contributed by atoms with Gasteiger partial charge in [0.05, 0.1) is 10.9 Å². The Labute approximate surface area is 184 Å². The van der Waals surface area contributed by atoms with Crippen LogP contribution in [-0.2, 0) is 10.0 Å². The van der Waals surface area contributed by atoms with Crippen LogP contribution in [0.4, 0.5) is 0 Å². The van der Waals surface area contributed by atoms with E-state index in [1.807, 2.05) is 24.3 Å². The Bertz CT molecular complexity index is 942. The van der Waals surface area contributed by atoms with E-state index >= 15 is 0 Å². The summed E-state index contributed by atoms with van der Waals surface area (Å²) in [5.41, 5.74) is 1.36. The minimum atomic E-state index is -3.59. The zero-order chi connectivity index (χ0) is 22.3. The van der Waals surface area contributed by atoms with E-state index in [0.29, 0.717) is 17.1 Å². The Morgan fingerprint density at radius 2 is 1.63 bits per heavy atom. The number of nitrogens with one attached hydrogen (secondary N) is 2. The van der Waals surface area contributed by atoms with Gasteiger partial charge in [-0.25, -0.2) is 13.1 Å². The summed E-state index contributed by atoms with van der Waals surface area (Å²) in [7, 11) is -3.59. The number of sulfonamides is 1. The predicted molar refractivity (Wildman–Crippen MR) is 121 cm³/mol. The van der Waals surface area contributed by atoms with Gasteiger partial charge in [-0.1, -0.05) is 43.6 Å². The first kappa shape index (κ1) is 24.3. The minimum absolute atomic E-state index is 0.0625. The highest BCUT2D eigenvalue weighted by molar-refractivity contribution is 7.89. The van der Waals surface area contributed by atoms with Gasteiger partial charge in [-0.3, -0.25) is 9.69 Å². The van der Waals surface area contributed by atoms with Crippen molar-refractivity contribution in [2.45, 2.75) is 44.7 Å². The summed E-state index contributed by atoms with van der Waals surface area (Å²) in [5.74, 6) is -0.264. The third-order valence-electron chi connectivity index (χ3n) is 4.79. The van der Waals surface area contributed by atoms with E-state index in [-0.39, 0.29) is 22.9 Å². The lowest BCUT2D eigenvalue weighted by Gasteiger charge is -2.31. The maximum absolute atomic E-state index is 12.7. The summed E-state index contributed by atoms with van der Waals surface area (Å²) >= 11 is 6.40. The smallest absolute Gasteiger partial charge is 0.251 e. The monoisotopic (exact) mass is 451 g/mol. The number of carbonyl (C=O) groups is 1. The fraction of sp³-hybridized carbons (Fsp3) is 0.409. The largest absolute Gasteiger partial charge is 0.350 e. The number of hydrogen-bond acceptors (Lipinski definition) is 4. The topological polar surface area (TPSA) is 78.5 Å². The van der Waals surface area contributed by atoms with Gasteiger partial charge in [-0.2, -0.15) is 0 Å². The lowest BCUT2D eigenvalue weighted by Crippen LogP contribution is -2.38. The molecule has 2 N–H and O–H groups in total. The Morgan fingerprint density at radius 3 is 2.17 bits per heavy atom. The number of benzene rings is 2. The van der Waals surface area contributed by atoms with Gasteiger partial charge in [0, 0.05) is 23.2 Å².